The zero-order valence-corrected chi connectivity index (χ0v) is 10.5. The monoisotopic (exact) mass is 254 g/mol. The summed E-state index contributed by atoms with van der Waals surface area (Å²) in [5.41, 5.74) is 1.05. The fraction of sp³-hybridized carbons (Fsp3) is 0.462. The summed E-state index contributed by atoms with van der Waals surface area (Å²) in [6, 6.07) is 6.37. The first-order valence-corrected chi connectivity index (χ1v) is 5.93. The number of carbonyl (C=O) groups excluding carboxylic acids is 1. The van der Waals surface area contributed by atoms with E-state index in [4.69, 9.17) is 4.74 Å². The molecule has 1 rings (SSSR count). The van der Waals surface area contributed by atoms with Gasteiger partial charge in [0.05, 0.1) is 13.2 Å². The molecule has 5 heteroatoms. The Kier molecular flexibility index (Phi) is 6.98. The van der Waals surface area contributed by atoms with Crippen molar-refractivity contribution in [2.75, 3.05) is 33.4 Å². The molecular formula is C13H19FN2O2. The van der Waals surface area contributed by atoms with Crippen molar-refractivity contribution in [3.05, 3.63) is 35.6 Å². The zero-order valence-electron chi connectivity index (χ0n) is 10.5. The van der Waals surface area contributed by atoms with E-state index >= 15 is 0 Å². The molecule has 1 amide bonds. The molecule has 1 aromatic carbocycles. The van der Waals surface area contributed by atoms with Crippen LogP contribution in [0.15, 0.2) is 24.3 Å². The minimum atomic E-state index is -0.232. The van der Waals surface area contributed by atoms with Crippen LogP contribution in [0, 0.1) is 5.82 Å². The van der Waals surface area contributed by atoms with Gasteiger partial charge in [0.15, 0.2) is 0 Å². The lowest BCUT2D eigenvalue weighted by Gasteiger charge is -2.06. The van der Waals surface area contributed by atoms with E-state index in [1.54, 1.807) is 19.2 Å². The van der Waals surface area contributed by atoms with Gasteiger partial charge in [0.2, 0.25) is 5.91 Å². The van der Waals surface area contributed by atoms with Crippen molar-refractivity contribution in [1.82, 2.24) is 10.6 Å². The van der Waals surface area contributed by atoms with Gasteiger partial charge in [0.25, 0.3) is 0 Å². The second kappa shape index (κ2) is 8.60. The Bertz CT molecular complexity index is 355. The summed E-state index contributed by atoms with van der Waals surface area (Å²) in [5.74, 6) is -0.282. The molecule has 0 spiro atoms. The van der Waals surface area contributed by atoms with E-state index in [-0.39, 0.29) is 18.3 Å². The van der Waals surface area contributed by atoms with Crippen molar-refractivity contribution < 1.29 is 13.9 Å². The highest BCUT2D eigenvalue weighted by Gasteiger charge is 1.99. The number of hydrogen-bond acceptors (Lipinski definition) is 3. The van der Waals surface area contributed by atoms with Crippen molar-refractivity contribution in [1.29, 1.82) is 0 Å². The number of carbonyl (C=O) groups is 1. The lowest BCUT2D eigenvalue weighted by molar-refractivity contribution is -0.120. The third-order valence-electron chi connectivity index (χ3n) is 2.42. The summed E-state index contributed by atoms with van der Waals surface area (Å²) >= 11 is 0. The Morgan fingerprint density at radius 3 is 2.67 bits per heavy atom. The maximum absolute atomic E-state index is 12.6. The van der Waals surface area contributed by atoms with Crippen LogP contribution in [0.4, 0.5) is 4.39 Å². The number of rotatable bonds is 8. The van der Waals surface area contributed by atoms with Crippen molar-refractivity contribution in [2.24, 2.45) is 0 Å². The predicted molar refractivity (Wildman–Crippen MR) is 67.9 cm³/mol. The number of ether oxygens (including phenoxy) is 1. The Labute approximate surface area is 107 Å². The average molecular weight is 254 g/mol. The second-order valence-electron chi connectivity index (χ2n) is 3.90. The van der Waals surface area contributed by atoms with E-state index in [2.05, 4.69) is 10.6 Å². The van der Waals surface area contributed by atoms with E-state index < -0.39 is 0 Å². The van der Waals surface area contributed by atoms with Gasteiger partial charge in [-0.2, -0.15) is 0 Å². The first kappa shape index (κ1) is 14.6. The number of benzene rings is 1. The highest BCUT2D eigenvalue weighted by atomic mass is 19.1. The Morgan fingerprint density at radius 2 is 2.00 bits per heavy atom. The Balaban J connectivity index is 2.07. The van der Waals surface area contributed by atoms with Crippen LogP contribution in [0.3, 0.4) is 0 Å². The highest BCUT2D eigenvalue weighted by molar-refractivity contribution is 5.77. The molecule has 0 saturated heterocycles. The van der Waals surface area contributed by atoms with E-state index in [0.29, 0.717) is 19.7 Å². The van der Waals surface area contributed by atoms with Crippen molar-refractivity contribution >= 4 is 5.91 Å². The van der Waals surface area contributed by atoms with Gasteiger partial charge in [0.1, 0.15) is 5.82 Å². The van der Waals surface area contributed by atoms with E-state index in [1.165, 1.54) is 12.1 Å². The van der Waals surface area contributed by atoms with Crippen LogP contribution < -0.4 is 10.6 Å². The molecule has 0 fully saturated rings. The summed E-state index contributed by atoms with van der Waals surface area (Å²) < 4.78 is 17.5. The molecule has 0 heterocycles. The molecule has 4 nitrogen and oxygen atoms in total. The quantitative estimate of drug-likeness (QED) is 0.672. The zero-order chi connectivity index (χ0) is 13.2. The number of methoxy groups -OCH3 is 1. The van der Waals surface area contributed by atoms with Gasteiger partial charge in [-0.25, -0.2) is 4.39 Å². The van der Waals surface area contributed by atoms with Gasteiger partial charge in [-0.1, -0.05) is 12.1 Å². The fourth-order valence-electron chi connectivity index (χ4n) is 1.44. The number of hydrogen-bond donors (Lipinski definition) is 2. The lowest BCUT2D eigenvalue weighted by atomic mass is 10.1. The van der Waals surface area contributed by atoms with Gasteiger partial charge in [-0.3, -0.25) is 4.79 Å². The SMILES string of the molecule is COCCNC(=O)CNCCc1ccc(F)cc1. The van der Waals surface area contributed by atoms with E-state index in [9.17, 15) is 9.18 Å². The first-order chi connectivity index (χ1) is 8.72. The third-order valence-corrected chi connectivity index (χ3v) is 2.42. The number of halogens is 1. The molecule has 0 saturated carbocycles. The van der Waals surface area contributed by atoms with Gasteiger partial charge in [-0.15, -0.1) is 0 Å². The number of amides is 1. The van der Waals surface area contributed by atoms with Crippen molar-refractivity contribution in [2.45, 2.75) is 6.42 Å². The highest BCUT2D eigenvalue weighted by Crippen LogP contribution is 2.02. The van der Waals surface area contributed by atoms with Crippen LogP contribution >= 0.6 is 0 Å². The molecule has 2 N–H and O–H groups in total. The predicted octanol–water partition coefficient (Wildman–Crippen LogP) is 0.720. The molecule has 100 valence electrons. The molecule has 0 unspecified atom stereocenters. The first-order valence-electron chi connectivity index (χ1n) is 5.93. The van der Waals surface area contributed by atoms with Gasteiger partial charge in [-0.05, 0) is 30.7 Å². The van der Waals surface area contributed by atoms with Crippen LogP contribution in [0.2, 0.25) is 0 Å². The summed E-state index contributed by atoms with van der Waals surface area (Å²) in [5, 5.41) is 5.74. The van der Waals surface area contributed by atoms with Crippen LogP contribution in [0.25, 0.3) is 0 Å². The second-order valence-corrected chi connectivity index (χ2v) is 3.90. The van der Waals surface area contributed by atoms with Gasteiger partial charge in [0, 0.05) is 13.7 Å². The smallest absolute Gasteiger partial charge is 0.234 e. The van der Waals surface area contributed by atoms with Crippen molar-refractivity contribution in [3.63, 3.8) is 0 Å². The van der Waals surface area contributed by atoms with Crippen LogP contribution in [-0.2, 0) is 16.0 Å². The fourth-order valence-corrected chi connectivity index (χ4v) is 1.44. The van der Waals surface area contributed by atoms with Crippen LogP contribution in [0.1, 0.15) is 5.56 Å². The van der Waals surface area contributed by atoms with Gasteiger partial charge < -0.3 is 15.4 Å². The Morgan fingerprint density at radius 1 is 1.28 bits per heavy atom. The largest absolute Gasteiger partial charge is 0.383 e. The third kappa shape index (κ3) is 6.32. The maximum atomic E-state index is 12.6. The molecule has 0 radical (unpaired) electrons. The topological polar surface area (TPSA) is 50.4 Å². The van der Waals surface area contributed by atoms with Crippen molar-refractivity contribution in [3.8, 4) is 0 Å². The average Bonchev–Trinajstić information content (AvgIpc) is 2.37. The molecule has 0 aliphatic carbocycles. The van der Waals surface area contributed by atoms with E-state index in [0.717, 1.165) is 12.0 Å². The minimum absolute atomic E-state index is 0.0499. The molecule has 1 aromatic rings. The summed E-state index contributed by atoms with van der Waals surface area (Å²) in [7, 11) is 1.59. The van der Waals surface area contributed by atoms with Crippen LogP contribution in [-0.4, -0.2) is 39.3 Å². The van der Waals surface area contributed by atoms with E-state index in [1.807, 2.05) is 0 Å². The standard InChI is InChI=1S/C13H19FN2O2/c1-18-9-8-16-13(17)10-15-7-6-11-2-4-12(14)5-3-11/h2-5,15H,6-10H2,1H3,(H,16,17). The molecule has 0 aliphatic rings. The van der Waals surface area contributed by atoms with Crippen LogP contribution in [0.5, 0.6) is 0 Å². The summed E-state index contributed by atoms with van der Waals surface area (Å²) in [6.07, 6.45) is 0.769. The van der Waals surface area contributed by atoms with Gasteiger partial charge >= 0.3 is 0 Å². The molecule has 0 bridgehead atoms. The molecule has 18 heavy (non-hydrogen) atoms. The summed E-state index contributed by atoms with van der Waals surface area (Å²) in [4.78, 5) is 11.3. The minimum Gasteiger partial charge on any atom is -0.383 e. The normalized spacial score (nSPS) is 10.3. The molecule has 0 aromatic heterocycles. The maximum Gasteiger partial charge on any atom is 0.234 e. The molecule has 0 aliphatic heterocycles. The molecular weight excluding hydrogens is 235 g/mol. The lowest BCUT2D eigenvalue weighted by Crippen LogP contribution is -2.36. The number of nitrogens with one attached hydrogen (secondary N) is 2. The Hall–Kier alpha value is -1.46. The molecule has 0 atom stereocenters. The summed E-state index contributed by atoms with van der Waals surface area (Å²) in [6.45, 7) is 2.00.